The molecule has 1 aromatic carbocycles. The van der Waals surface area contributed by atoms with E-state index < -0.39 is 26.7 Å². The van der Waals surface area contributed by atoms with Crippen molar-refractivity contribution >= 4 is 34.8 Å². The quantitative estimate of drug-likeness (QED) is 0.481. The van der Waals surface area contributed by atoms with Crippen LogP contribution in [0.15, 0.2) is 0 Å². The lowest BCUT2D eigenvalue weighted by atomic mass is 10.3. The summed E-state index contributed by atoms with van der Waals surface area (Å²) in [7, 11) is 0. The first-order valence-corrected chi connectivity index (χ1v) is 5.41. The predicted octanol–water partition coefficient (Wildman–Crippen LogP) is 3.70. The smallest absolute Gasteiger partial charge is 0.167 e. The molecule has 1 heterocycles. The SMILES string of the molecule is Fc1c(Cl)c(F)c(Cl)c(OCC2CO2)c1Cl. The first-order chi connectivity index (χ1) is 7.52. The van der Waals surface area contributed by atoms with E-state index in [2.05, 4.69) is 0 Å². The summed E-state index contributed by atoms with van der Waals surface area (Å²) in [5.74, 6) is -2.42. The lowest BCUT2D eigenvalue weighted by molar-refractivity contribution is 0.261. The maximum atomic E-state index is 13.3. The van der Waals surface area contributed by atoms with Crippen molar-refractivity contribution in [3.05, 3.63) is 26.7 Å². The van der Waals surface area contributed by atoms with Gasteiger partial charge in [-0.25, -0.2) is 8.78 Å². The molecule has 0 aliphatic carbocycles. The summed E-state index contributed by atoms with van der Waals surface area (Å²) in [5, 5.41) is -1.61. The van der Waals surface area contributed by atoms with Gasteiger partial charge < -0.3 is 9.47 Å². The first-order valence-electron chi connectivity index (χ1n) is 4.28. The molecule has 7 heteroatoms. The van der Waals surface area contributed by atoms with Crippen LogP contribution >= 0.6 is 34.8 Å². The zero-order chi connectivity index (χ0) is 11.9. The number of benzene rings is 1. The van der Waals surface area contributed by atoms with Gasteiger partial charge in [-0.1, -0.05) is 34.8 Å². The molecular weight excluding hydrogens is 284 g/mol. The molecular formula is C9H5Cl3F2O2. The number of rotatable bonds is 3. The van der Waals surface area contributed by atoms with E-state index in [0.29, 0.717) is 6.61 Å². The number of hydrogen-bond donors (Lipinski definition) is 0. The van der Waals surface area contributed by atoms with Gasteiger partial charge in [0, 0.05) is 0 Å². The summed E-state index contributed by atoms with van der Waals surface area (Å²) >= 11 is 16.5. The van der Waals surface area contributed by atoms with Gasteiger partial charge >= 0.3 is 0 Å². The first kappa shape index (κ1) is 12.2. The van der Waals surface area contributed by atoms with Crippen molar-refractivity contribution in [1.82, 2.24) is 0 Å². The standard InChI is InChI=1S/C9H5Cl3F2O2/c10-4-7(13)5(11)9(6(12)8(4)14)16-2-3-1-15-3/h3H,1-2H2. The normalized spacial score (nSPS) is 18.7. The van der Waals surface area contributed by atoms with E-state index in [0.717, 1.165) is 0 Å². The third-order valence-electron chi connectivity index (χ3n) is 1.99. The molecule has 0 bridgehead atoms. The van der Waals surface area contributed by atoms with Crippen LogP contribution < -0.4 is 4.74 Å². The van der Waals surface area contributed by atoms with Crippen LogP contribution in [0.2, 0.25) is 15.1 Å². The van der Waals surface area contributed by atoms with E-state index in [9.17, 15) is 8.78 Å². The Morgan fingerprint density at radius 2 is 1.62 bits per heavy atom. The number of halogens is 5. The van der Waals surface area contributed by atoms with Gasteiger partial charge in [-0.05, 0) is 0 Å². The Bertz CT molecular complexity index is 406. The van der Waals surface area contributed by atoms with Crippen LogP contribution in [0.1, 0.15) is 0 Å². The van der Waals surface area contributed by atoms with E-state index in [4.69, 9.17) is 44.3 Å². The Morgan fingerprint density at radius 1 is 1.12 bits per heavy atom. The largest absolute Gasteiger partial charge is 0.487 e. The molecule has 1 saturated heterocycles. The van der Waals surface area contributed by atoms with Gasteiger partial charge in [-0.2, -0.15) is 0 Å². The molecule has 0 radical (unpaired) electrons. The maximum Gasteiger partial charge on any atom is 0.167 e. The topological polar surface area (TPSA) is 21.8 Å². The molecule has 0 aromatic heterocycles. The highest BCUT2D eigenvalue weighted by molar-refractivity contribution is 6.40. The zero-order valence-corrected chi connectivity index (χ0v) is 9.97. The van der Waals surface area contributed by atoms with Crippen LogP contribution in [0.25, 0.3) is 0 Å². The molecule has 1 aliphatic rings. The summed E-state index contributed by atoms with van der Waals surface area (Å²) < 4.78 is 36.5. The minimum Gasteiger partial charge on any atom is -0.487 e. The van der Waals surface area contributed by atoms with Crippen LogP contribution in [0, 0.1) is 11.6 Å². The monoisotopic (exact) mass is 288 g/mol. The van der Waals surface area contributed by atoms with Crippen molar-refractivity contribution in [3.8, 4) is 5.75 Å². The third kappa shape index (κ3) is 2.20. The molecule has 1 atom stereocenters. The maximum absolute atomic E-state index is 13.3. The van der Waals surface area contributed by atoms with Gasteiger partial charge in [0.2, 0.25) is 0 Å². The van der Waals surface area contributed by atoms with Crippen molar-refractivity contribution < 1.29 is 18.3 Å². The second kappa shape index (κ2) is 4.53. The van der Waals surface area contributed by atoms with Gasteiger partial charge in [-0.15, -0.1) is 0 Å². The Morgan fingerprint density at radius 3 is 2.06 bits per heavy atom. The van der Waals surface area contributed by atoms with Crippen LogP contribution in [0.3, 0.4) is 0 Å². The van der Waals surface area contributed by atoms with Crippen LogP contribution in [0.5, 0.6) is 5.75 Å². The molecule has 16 heavy (non-hydrogen) atoms. The highest BCUT2D eigenvalue weighted by Crippen LogP contribution is 2.41. The van der Waals surface area contributed by atoms with E-state index in [1.807, 2.05) is 0 Å². The molecule has 0 saturated carbocycles. The molecule has 0 amide bonds. The Kier molecular flexibility index (Phi) is 3.45. The average Bonchev–Trinajstić information content (AvgIpc) is 3.07. The molecule has 2 rings (SSSR count). The van der Waals surface area contributed by atoms with Crippen molar-refractivity contribution in [2.75, 3.05) is 13.2 Å². The van der Waals surface area contributed by atoms with E-state index >= 15 is 0 Å². The summed E-state index contributed by atoms with van der Waals surface area (Å²) in [6, 6.07) is 0. The third-order valence-corrected chi connectivity index (χ3v) is 2.99. The second-order valence-corrected chi connectivity index (χ2v) is 4.30. The molecule has 1 aliphatic heterocycles. The fourth-order valence-electron chi connectivity index (χ4n) is 1.05. The molecule has 0 spiro atoms. The van der Waals surface area contributed by atoms with E-state index in [-0.39, 0.29) is 18.5 Å². The molecule has 88 valence electrons. The van der Waals surface area contributed by atoms with Crippen molar-refractivity contribution in [2.24, 2.45) is 0 Å². The molecule has 1 aromatic rings. The van der Waals surface area contributed by atoms with Crippen LogP contribution in [-0.4, -0.2) is 19.3 Å². The highest BCUT2D eigenvalue weighted by atomic mass is 35.5. The zero-order valence-electron chi connectivity index (χ0n) is 7.70. The fraction of sp³-hybridized carbons (Fsp3) is 0.333. The minimum absolute atomic E-state index is 0.0751. The lowest BCUT2D eigenvalue weighted by Gasteiger charge is -2.11. The van der Waals surface area contributed by atoms with Gasteiger partial charge in [0.15, 0.2) is 17.4 Å². The molecule has 1 fully saturated rings. The summed E-state index contributed by atoms with van der Waals surface area (Å²) in [6.45, 7) is 0.688. The molecule has 1 unspecified atom stereocenters. The minimum atomic E-state index is -1.09. The van der Waals surface area contributed by atoms with E-state index in [1.165, 1.54) is 0 Å². The number of ether oxygens (including phenoxy) is 2. The molecule has 0 N–H and O–H groups in total. The van der Waals surface area contributed by atoms with Crippen molar-refractivity contribution in [3.63, 3.8) is 0 Å². The fourth-order valence-corrected chi connectivity index (χ4v) is 1.87. The van der Waals surface area contributed by atoms with Gasteiger partial charge in [0.25, 0.3) is 0 Å². The van der Waals surface area contributed by atoms with Crippen molar-refractivity contribution in [2.45, 2.75) is 6.10 Å². The highest BCUT2D eigenvalue weighted by Gasteiger charge is 2.27. The van der Waals surface area contributed by atoms with Gasteiger partial charge in [0.1, 0.15) is 27.8 Å². The second-order valence-electron chi connectivity index (χ2n) is 3.17. The lowest BCUT2D eigenvalue weighted by Crippen LogP contribution is -2.06. The van der Waals surface area contributed by atoms with Crippen LogP contribution in [-0.2, 0) is 4.74 Å². The van der Waals surface area contributed by atoms with Crippen LogP contribution in [0.4, 0.5) is 8.78 Å². The van der Waals surface area contributed by atoms with E-state index in [1.54, 1.807) is 0 Å². The average molecular weight is 289 g/mol. The molecule has 2 nitrogen and oxygen atoms in total. The Hall–Kier alpha value is -0.290. The van der Waals surface area contributed by atoms with Gasteiger partial charge in [-0.3, -0.25) is 0 Å². The summed E-state index contributed by atoms with van der Waals surface area (Å²) in [5.41, 5.74) is 0. The summed E-state index contributed by atoms with van der Waals surface area (Å²) in [6.07, 6.45) is -0.0751. The Balaban J connectivity index is 2.34. The number of hydrogen-bond acceptors (Lipinski definition) is 2. The Labute approximate surface area is 105 Å². The summed E-state index contributed by atoms with van der Waals surface area (Å²) in [4.78, 5) is 0. The predicted molar refractivity (Wildman–Crippen MR) is 56.6 cm³/mol. The van der Waals surface area contributed by atoms with Crippen molar-refractivity contribution in [1.29, 1.82) is 0 Å². The number of epoxide rings is 1. The van der Waals surface area contributed by atoms with Gasteiger partial charge in [0.05, 0.1) is 6.61 Å².